The molecule has 1 saturated carbocycles. The molecule has 0 aromatic heterocycles. The third kappa shape index (κ3) is 3.13. The molecule has 1 aromatic rings. The van der Waals surface area contributed by atoms with E-state index in [0.717, 1.165) is 12.8 Å². The highest BCUT2D eigenvalue weighted by molar-refractivity contribution is 6.30. The van der Waals surface area contributed by atoms with Crippen LogP contribution in [0.2, 0.25) is 5.02 Å². The second kappa shape index (κ2) is 6.35. The molecule has 2 rings (SSSR count). The summed E-state index contributed by atoms with van der Waals surface area (Å²) in [6, 6.07) is 4.75. The van der Waals surface area contributed by atoms with E-state index in [0.29, 0.717) is 29.2 Å². The van der Waals surface area contributed by atoms with Gasteiger partial charge in [-0.3, -0.25) is 4.79 Å². The maximum Gasteiger partial charge on any atom is 0.331 e. The fourth-order valence-corrected chi connectivity index (χ4v) is 2.85. The summed E-state index contributed by atoms with van der Waals surface area (Å²) in [5.74, 6) is -0.393. The Morgan fingerprint density at radius 2 is 1.90 bits per heavy atom. The topological polar surface area (TPSA) is 64.6 Å². The molecule has 0 aliphatic heterocycles. The van der Waals surface area contributed by atoms with E-state index in [4.69, 9.17) is 21.1 Å². The first-order valence-corrected chi connectivity index (χ1v) is 7.15. The van der Waals surface area contributed by atoms with Gasteiger partial charge in [0.25, 0.3) is 5.91 Å². The van der Waals surface area contributed by atoms with Gasteiger partial charge in [-0.05, 0) is 31.0 Å². The van der Waals surface area contributed by atoms with Gasteiger partial charge in [-0.2, -0.15) is 0 Å². The number of amides is 1. The molecule has 1 N–H and O–H groups in total. The summed E-state index contributed by atoms with van der Waals surface area (Å²) in [6.45, 7) is 0. The molecule has 0 heterocycles. The van der Waals surface area contributed by atoms with E-state index in [1.807, 2.05) is 0 Å². The lowest BCUT2D eigenvalue weighted by molar-refractivity contribution is -0.148. The zero-order chi connectivity index (χ0) is 15.5. The molecule has 0 saturated heterocycles. The van der Waals surface area contributed by atoms with Crippen molar-refractivity contribution in [2.24, 2.45) is 0 Å². The van der Waals surface area contributed by atoms with Crippen molar-refractivity contribution in [3.63, 3.8) is 0 Å². The minimum atomic E-state index is -0.934. The van der Waals surface area contributed by atoms with Gasteiger partial charge in [0, 0.05) is 5.02 Å². The van der Waals surface area contributed by atoms with Crippen molar-refractivity contribution < 1.29 is 19.1 Å². The third-order valence-electron chi connectivity index (χ3n) is 3.79. The lowest BCUT2D eigenvalue weighted by Gasteiger charge is -2.27. The van der Waals surface area contributed by atoms with Crippen LogP contribution in [0.5, 0.6) is 5.75 Å². The van der Waals surface area contributed by atoms with Gasteiger partial charge in [0.05, 0.1) is 19.8 Å². The van der Waals surface area contributed by atoms with Crippen LogP contribution in [-0.2, 0) is 9.53 Å². The number of benzene rings is 1. The zero-order valence-corrected chi connectivity index (χ0v) is 12.8. The van der Waals surface area contributed by atoms with Crippen LogP contribution in [0.25, 0.3) is 0 Å². The van der Waals surface area contributed by atoms with Gasteiger partial charge in [0.2, 0.25) is 0 Å². The molecule has 5 nitrogen and oxygen atoms in total. The molecule has 0 bridgehead atoms. The lowest BCUT2D eigenvalue weighted by Crippen LogP contribution is -2.53. The van der Waals surface area contributed by atoms with Crippen molar-refractivity contribution in [2.75, 3.05) is 14.2 Å². The zero-order valence-electron chi connectivity index (χ0n) is 12.1. The molecule has 114 valence electrons. The SMILES string of the molecule is COC(=O)C1(NC(=O)c2ccc(Cl)cc2OC)CCCC1. The molecule has 0 atom stereocenters. The monoisotopic (exact) mass is 311 g/mol. The van der Waals surface area contributed by atoms with Gasteiger partial charge in [-0.25, -0.2) is 4.79 Å². The van der Waals surface area contributed by atoms with E-state index in [9.17, 15) is 9.59 Å². The number of carbonyl (C=O) groups excluding carboxylic acids is 2. The number of hydrogen-bond acceptors (Lipinski definition) is 4. The molecular formula is C15H18ClNO4. The molecule has 1 fully saturated rings. The van der Waals surface area contributed by atoms with Crippen molar-refractivity contribution in [1.29, 1.82) is 0 Å². The molecule has 1 amide bonds. The summed E-state index contributed by atoms with van der Waals surface area (Å²) in [6.07, 6.45) is 2.93. The molecule has 1 aliphatic rings. The van der Waals surface area contributed by atoms with Crippen LogP contribution in [0.1, 0.15) is 36.0 Å². The van der Waals surface area contributed by atoms with Crippen LogP contribution in [-0.4, -0.2) is 31.6 Å². The molecule has 6 heteroatoms. The molecule has 0 unspecified atom stereocenters. The summed E-state index contributed by atoms with van der Waals surface area (Å²) in [5, 5.41) is 3.30. The minimum absolute atomic E-state index is 0.345. The normalized spacial score (nSPS) is 16.3. The molecule has 1 aliphatic carbocycles. The Morgan fingerprint density at radius 1 is 1.24 bits per heavy atom. The molecule has 0 spiro atoms. The summed E-state index contributed by atoms with van der Waals surface area (Å²) in [7, 11) is 2.80. The molecule has 0 radical (unpaired) electrons. The average molecular weight is 312 g/mol. The maximum absolute atomic E-state index is 12.5. The van der Waals surface area contributed by atoms with E-state index in [2.05, 4.69) is 5.32 Å². The number of carbonyl (C=O) groups is 2. The standard InChI is InChI=1S/C15H18ClNO4/c1-20-12-9-10(16)5-6-11(12)13(18)17-15(14(19)21-2)7-3-4-8-15/h5-6,9H,3-4,7-8H2,1-2H3,(H,17,18). The fraction of sp³-hybridized carbons (Fsp3) is 0.467. The van der Waals surface area contributed by atoms with E-state index in [1.54, 1.807) is 18.2 Å². The van der Waals surface area contributed by atoms with Gasteiger partial charge >= 0.3 is 5.97 Å². The number of ether oxygens (including phenoxy) is 2. The highest BCUT2D eigenvalue weighted by Gasteiger charge is 2.43. The number of halogens is 1. The first-order chi connectivity index (χ1) is 10.0. The maximum atomic E-state index is 12.5. The van der Waals surface area contributed by atoms with Crippen LogP contribution in [0.4, 0.5) is 0 Å². The first-order valence-electron chi connectivity index (χ1n) is 6.77. The molecular weight excluding hydrogens is 294 g/mol. The third-order valence-corrected chi connectivity index (χ3v) is 4.03. The van der Waals surface area contributed by atoms with Crippen molar-refractivity contribution in [2.45, 2.75) is 31.2 Å². The summed E-state index contributed by atoms with van der Waals surface area (Å²) < 4.78 is 10.0. The second-order valence-corrected chi connectivity index (χ2v) is 5.52. The van der Waals surface area contributed by atoms with Gasteiger partial charge in [-0.1, -0.05) is 24.4 Å². The summed E-state index contributed by atoms with van der Waals surface area (Å²) in [4.78, 5) is 24.5. The van der Waals surface area contributed by atoms with E-state index < -0.39 is 11.5 Å². The fourth-order valence-electron chi connectivity index (χ4n) is 2.69. The van der Waals surface area contributed by atoms with Gasteiger partial charge in [-0.15, -0.1) is 0 Å². The quantitative estimate of drug-likeness (QED) is 0.868. The first kappa shape index (κ1) is 15.6. The number of nitrogens with one attached hydrogen (secondary N) is 1. The smallest absolute Gasteiger partial charge is 0.331 e. The largest absolute Gasteiger partial charge is 0.496 e. The molecule has 21 heavy (non-hydrogen) atoms. The van der Waals surface area contributed by atoms with Gasteiger partial charge < -0.3 is 14.8 Å². The Labute approximate surface area is 128 Å². The number of methoxy groups -OCH3 is 2. The van der Waals surface area contributed by atoms with E-state index >= 15 is 0 Å². The second-order valence-electron chi connectivity index (χ2n) is 5.08. The van der Waals surface area contributed by atoms with Gasteiger partial charge in [0.1, 0.15) is 11.3 Å². The average Bonchev–Trinajstić information content (AvgIpc) is 2.95. The van der Waals surface area contributed by atoms with E-state index in [-0.39, 0.29) is 5.91 Å². The van der Waals surface area contributed by atoms with Crippen LogP contribution < -0.4 is 10.1 Å². The highest BCUT2D eigenvalue weighted by Crippen LogP contribution is 2.32. The highest BCUT2D eigenvalue weighted by atomic mass is 35.5. The Morgan fingerprint density at radius 3 is 2.48 bits per heavy atom. The predicted octanol–water partition coefficient (Wildman–Crippen LogP) is 2.56. The van der Waals surface area contributed by atoms with Crippen LogP contribution in [0, 0.1) is 0 Å². The molecule has 1 aromatic carbocycles. The van der Waals surface area contributed by atoms with Crippen LogP contribution in [0.3, 0.4) is 0 Å². The number of rotatable bonds is 4. The Bertz CT molecular complexity index is 553. The number of esters is 1. The van der Waals surface area contributed by atoms with Crippen LogP contribution >= 0.6 is 11.6 Å². The van der Waals surface area contributed by atoms with Crippen molar-refractivity contribution in [3.8, 4) is 5.75 Å². The predicted molar refractivity (Wildman–Crippen MR) is 78.7 cm³/mol. The van der Waals surface area contributed by atoms with Crippen molar-refractivity contribution in [1.82, 2.24) is 5.32 Å². The lowest BCUT2D eigenvalue weighted by atomic mass is 9.97. The van der Waals surface area contributed by atoms with E-state index in [1.165, 1.54) is 14.2 Å². The Kier molecular flexibility index (Phi) is 4.73. The summed E-state index contributed by atoms with van der Waals surface area (Å²) in [5.41, 5.74) is -0.590. The summed E-state index contributed by atoms with van der Waals surface area (Å²) >= 11 is 5.89. The number of hydrogen-bond donors (Lipinski definition) is 1. The van der Waals surface area contributed by atoms with Crippen molar-refractivity contribution in [3.05, 3.63) is 28.8 Å². The Balaban J connectivity index is 2.26. The van der Waals surface area contributed by atoms with Crippen molar-refractivity contribution >= 4 is 23.5 Å². The van der Waals surface area contributed by atoms with Gasteiger partial charge in [0.15, 0.2) is 0 Å². The minimum Gasteiger partial charge on any atom is -0.496 e. The Hall–Kier alpha value is -1.75. The van der Waals surface area contributed by atoms with Crippen LogP contribution in [0.15, 0.2) is 18.2 Å².